The summed E-state index contributed by atoms with van der Waals surface area (Å²) in [5.74, 6) is 0. The monoisotopic (exact) mass is 274 g/mol. The van der Waals surface area contributed by atoms with Crippen LogP contribution in [0.5, 0.6) is 0 Å². The predicted octanol–water partition coefficient (Wildman–Crippen LogP) is 4.23. The van der Waals surface area contributed by atoms with Gasteiger partial charge in [-0.2, -0.15) is 0 Å². The quantitative estimate of drug-likeness (QED) is 0.825. The van der Waals surface area contributed by atoms with E-state index in [4.69, 9.17) is 0 Å². The molecule has 102 valence electrons. The number of hydrogen-bond acceptors (Lipinski definition) is 3. The Bertz CT molecular complexity index is 535. The number of nitrogens with one attached hydrogen (secondary N) is 1. The zero-order chi connectivity index (χ0) is 13.8. The molecule has 1 N–H and O–H groups in total. The van der Waals surface area contributed by atoms with Crippen LogP contribution in [-0.2, 0) is 6.54 Å². The minimum absolute atomic E-state index is 0.926. The molecule has 0 aliphatic rings. The minimum Gasteiger partial charge on any atom is -0.312 e. The SMILES string of the molecule is CCCNCc1cnc(-c2c(C)cc(C)cc2C)s1. The van der Waals surface area contributed by atoms with Gasteiger partial charge in [-0.25, -0.2) is 4.98 Å². The van der Waals surface area contributed by atoms with Crippen molar-refractivity contribution < 1.29 is 0 Å². The van der Waals surface area contributed by atoms with Gasteiger partial charge in [0.15, 0.2) is 0 Å². The second-order valence-electron chi connectivity index (χ2n) is 5.08. The fraction of sp³-hybridized carbons (Fsp3) is 0.438. The van der Waals surface area contributed by atoms with Crippen LogP contribution in [0, 0.1) is 20.8 Å². The van der Waals surface area contributed by atoms with Crippen LogP contribution < -0.4 is 5.32 Å². The van der Waals surface area contributed by atoms with Crippen LogP contribution in [0.3, 0.4) is 0 Å². The first kappa shape index (κ1) is 14.2. The van der Waals surface area contributed by atoms with E-state index in [1.807, 2.05) is 6.20 Å². The standard InChI is InChI=1S/C16H22N2S/c1-5-6-17-9-14-10-18-16(19-14)15-12(3)7-11(2)8-13(15)4/h7-8,10,17H,5-6,9H2,1-4H3. The fourth-order valence-electron chi connectivity index (χ4n) is 2.41. The van der Waals surface area contributed by atoms with E-state index in [1.54, 1.807) is 11.3 Å². The van der Waals surface area contributed by atoms with Crippen molar-refractivity contribution in [3.05, 3.63) is 39.9 Å². The molecule has 0 radical (unpaired) electrons. The van der Waals surface area contributed by atoms with Crippen molar-refractivity contribution >= 4 is 11.3 Å². The summed E-state index contributed by atoms with van der Waals surface area (Å²) in [6, 6.07) is 4.47. The third-order valence-electron chi connectivity index (χ3n) is 3.17. The lowest BCUT2D eigenvalue weighted by Crippen LogP contribution is -2.12. The Kier molecular flexibility index (Phi) is 4.72. The summed E-state index contributed by atoms with van der Waals surface area (Å²) in [6.45, 7) is 10.7. The lowest BCUT2D eigenvalue weighted by atomic mass is 10.0. The Morgan fingerprint density at radius 3 is 2.47 bits per heavy atom. The molecule has 1 aromatic heterocycles. The average molecular weight is 274 g/mol. The number of aryl methyl sites for hydroxylation is 3. The summed E-state index contributed by atoms with van der Waals surface area (Å²) >= 11 is 1.80. The summed E-state index contributed by atoms with van der Waals surface area (Å²) in [5, 5.41) is 4.57. The van der Waals surface area contributed by atoms with E-state index in [0.29, 0.717) is 0 Å². The van der Waals surface area contributed by atoms with Crippen molar-refractivity contribution in [3.63, 3.8) is 0 Å². The fourth-order valence-corrected chi connectivity index (χ4v) is 3.47. The molecule has 1 heterocycles. The number of benzene rings is 1. The molecule has 0 saturated heterocycles. The van der Waals surface area contributed by atoms with Gasteiger partial charge in [0.05, 0.1) is 0 Å². The van der Waals surface area contributed by atoms with E-state index in [9.17, 15) is 0 Å². The van der Waals surface area contributed by atoms with Gasteiger partial charge in [0.25, 0.3) is 0 Å². The second-order valence-corrected chi connectivity index (χ2v) is 6.20. The Morgan fingerprint density at radius 2 is 1.84 bits per heavy atom. The second kappa shape index (κ2) is 6.31. The van der Waals surface area contributed by atoms with Gasteiger partial charge in [-0.15, -0.1) is 11.3 Å². The van der Waals surface area contributed by atoms with Crippen LogP contribution in [0.25, 0.3) is 10.6 Å². The zero-order valence-corrected chi connectivity index (χ0v) is 13.0. The van der Waals surface area contributed by atoms with E-state index >= 15 is 0 Å². The topological polar surface area (TPSA) is 24.9 Å². The lowest BCUT2D eigenvalue weighted by molar-refractivity contribution is 0.681. The molecule has 0 atom stereocenters. The molecule has 0 unspecified atom stereocenters. The van der Waals surface area contributed by atoms with Gasteiger partial charge in [0.1, 0.15) is 5.01 Å². The van der Waals surface area contributed by atoms with Crippen molar-refractivity contribution in [3.8, 4) is 10.6 Å². The smallest absolute Gasteiger partial charge is 0.124 e. The van der Waals surface area contributed by atoms with Gasteiger partial charge in [0.2, 0.25) is 0 Å². The van der Waals surface area contributed by atoms with Gasteiger partial charge in [-0.05, 0) is 44.9 Å². The maximum atomic E-state index is 4.60. The van der Waals surface area contributed by atoms with Gasteiger partial charge < -0.3 is 5.32 Å². The highest BCUT2D eigenvalue weighted by Gasteiger charge is 2.10. The summed E-state index contributed by atoms with van der Waals surface area (Å²) in [7, 11) is 0. The van der Waals surface area contributed by atoms with E-state index < -0.39 is 0 Å². The number of rotatable bonds is 5. The van der Waals surface area contributed by atoms with Gasteiger partial charge in [-0.1, -0.05) is 24.6 Å². The molecule has 2 nitrogen and oxygen atoms in total. The van der Waals surface area contributed by atoms with Gasteiger partial charge >= 0.3 is 0 Å². The van der Waals surface area contributed by atoms with Crippen molar-refractivity contribution in [2.24, 2.45) is 0 Å². The van der Waals surface area contributed by atoms with Crippen LogP contribution in [0.4, 0.5) is 0 Å². The summed E-state index contributed by atoms with van der Waals surface area (Å²) in [6.07, 6.45) is 3.17. The first-order valence-corrected chi connectivity index (χ1v) is 7.67. The molecule has 1 aromatic carbocycles. The van der Waals surface area contributed by atoms with Crippen molar-refractivity contribution in [1.82, 2.24) is 10.3 Å². The maximum absolute atomic E-state index is 4.60. The maximum Gasteiger partial charge on any atom is 0.124 e. The first-order chi connectivity index (χ1) is 9.11. The van der Waals surface area contributed by atoms with Crippen LogP contribution in [0.1, 0.15) is 34.9 Å². The third-order valence-corrected chi connectivity index (χ3v) is 4.19. The molecule has 0 aliphatic carbocycles. The molecule has 0 spiro atoms. The molecule has 0 saturated carbocycles. The number of thiazole rings is 1. The van der Waals surface area contributed by atoms with Crippen molar-refractivity contribution in [2.75, 3.05) is 6.54 Å². The highest BCUT2D eigenvalue weighted by Crippen LogP contribution is 2.31. The van der Waals surface area contributed by atoms with Crippen LogP contribution in [0.15, 0.2) is 18.3 Å². The molecule has 19 heavy (non-hydrogen) atoms. The number of nitrogens with zero attached hydrogens (tertiary/aromatic N) is 1. The lowest BCUT2D eigenvalue weighted by Gasteiger charge is -2.08. The highest BCUT2D eigenvalue weighted by molar-refractivity contribution is 7.15. The first-order valence-electron chi connectivity index (χ1n) is 6.85. The Labute approximate surface area is 119 Å². The molecule has 2 rings (SSSR count). The van der Waals surface area contributed by atoms with Gasteiger partial charge in [-0.3, -0.25) is 0 Å². The molecule has 2 aromatic rings. The normalized spacial score (nSPS) is 10.9. The zero-order valence-electron chi connectivity index (χ0n) is 12.2. The van der Waals surface area contributed by atoms with E-state index in [2.05, 4.69) is 50.1 Å². The Hall–Kier alpha value is -1.19. The van der Waals surface area contributed by atoms with Crippen LogP contribution >= 0.6 is 11.3 Å². The highest BCUT2D eigenvalue weighted by atomic mass is 32.1. The molecule has 3 heteroatoms. The van der Waals surface area contributed by atoms with Crippen LogP contribution in [-0.4, -0.2) is 11.5 Å². The summed E-state index contributed by atoms with van der Waals surface area (Å²) in [5.41, 5.74) is 5.26. The molecule has 0 aliphatic heterocycles. The predicted molar refractivity (Wildman–Crippen MR) is 83.8 cm³/mol. The molecular weight excluding hydrogens is 252 g/mol. The summed E-state index contributed by atoms with van der Waals surface area (Å²) < 4.78 is 0. The van der Waals surface area contributed by atoms with E-state index in [0.717, 1.165) is 18.1 Å². The van der Waals surface area contributed by atoms with Crippen LogP contribution in [0.2, 0.25) is 0 Å². The molecular formula is C16H22N2S. The Morgan fingerprint density at radius 1 is 1.16 bits per heavy atom. The van der Waals surface area contributed by atoms with Gasteiger partial charge in [0, 0.05) is 23.2 Å². The third kappa shape index (κ3) is 3.43. The average Bonchev–Trinajstić information content (AvgIpc) is 2.76. The largest absolute Gasteiger partial charge is 0.312 e. The summed E-state index contributed by atoms with van der Waals surface area (Å²) in [4.78, 5) is 5.90. The molecule has 0 amide bonds. The van der Waals surface area contributed by atoms with Crippen molar-refractivity contribution in [1.29, 1.82) is 0 Å². The number of aromatic nitrogens is 1. The number of hydrogen-bond donors (Lipinski definition) is 1. The van der Waals surface area contributed by atoms with E-state index in [-0.39, 0.29) is 0 Å². The van der Waals surface area contributed by atoms with Crippen molar-refractivity contribution in [2.45, 2.75) is 40.7 Å². The van der Waals surface area contributed by atoms with E-state index in [1.165, 1.54) is 33.6 Å². The molecule has 0 fully saturated rings. The molecule has 0 bridgehead atoms. The Balaban J connectivity index is 2.23. The minimum atomic E-state index is 0.926.